The van der Waals surface area contributed by atoms with Crippen molar-refractivity contribution in [2.45, 2.75) is 31.7 Å². The fraction of sp³-hybridized carbons (Fsp3) is 1.00. The molecule has 3 fully saturated rings. The van der Waals surface area contributed by atoms with E-state index in [2.05, 4.69) is 5.32 Å². The van der Waals surface area contributed by atoms with E-state index in [4.69, 9.17) is 0 Å². The molecule has 1 saturated heterocycles. The molecule has 3 aliphatic rings. The third-order valence-corrected chi connectivity index (χ3v) is 3.41. The van der Waals surface area contributed by atoms with Gasteiger partial charge in [-0.05, 0) is 50.0 Å². The monoisotopic (exact) mass is 137 g/mol. The standard InChI is InChI=1S/C9H15N/c1-2-6(1)8-5-10-9(8)7-3-4-7/h6-10H,1-5H2/t8-,9+/m0/s1. The van der Waals surface area contributed by atoms with Gasteiger partial charge in [-0.25, -0.2) is 0 Å². The minimum atomic E-state index is 0.965. The van der Waals surface area contributed by atoms with Crippen molar-refractivity contribution in [3.05, 3.63) is 0 Å². The predicted molar refractivity (Wildman–Crippen MR) is 40.7 cm³/mol. The molecule has 0 aromatic heterocycles. The Balaban J connectivity index is 1.64. The summed E-state index contributed by atoms with van der Waals surface area (Å²) in [6.45, 7) is 1.34. The molecule has 1 heterocycles. The lowest BCUT2D eigenvalue weighted by atomic mass is 9.84. The summed E-state index contributed by atoms with van der Waals surface area (Å²) < 4.78 is 0. The third-order valence-electron chi connectivity index (χ3n) is 3.41. The average molecular weight is 137 g/mol. The van der Waals surface area contributed by atoms with Gasteiger partial charge >= 0.3 is 0 Å². The Kier molecular flexibility index (Phi) is 0.984. The largest absolute Gasteiger partial charge is 0.313 e. The average Bonchev–Trinajstić information content (AvgIpc) is 2.50. The smallest absolute Gasteiger partial charge is 0.0138 e. The summed E-state index contributed by atoms with van der Waals surface area (Å²) in [5, 5.41) is 3.58. The van der Waals surface area contributed by atoms with Crippen LogP contribution in [0.25, 0.3) is 0 Å². The van der Waals surface area contributed by atoms with Crippen molar-refractivity contribution < 1.29 is 0 Å². The van der Waals surface area contributed by atoms with Crippen LogP contribution >= 0.6 is 0 Å². The third kappa shape index (κ3) is 0.731. The number of nitrogens with one attached hydrogen (secondary N) is 1. The van der Waals surface area contributed by atoms with Crippen molar-refractivity contribution in [3.8, 4) is 0 Å². The maximum atomic E-state index is 3.58. The normalized spacial score (nSPS) is 46.8. The fourth-order valence-electron chi connectivity index (χ4n) is 2.35. The number of hydrogen-bond acceptors (Lipinski definition) is 1. The van der Waals surface area contributed by atoms with Gasteiger partial charge in [-0.15, -0.1) is 0 Å². The van der Waals surface area contributed by atoms with E-state index in [-0.39, 0.29) is 0 Å². The molecule has 10 heavy (non-hydrogen) atoms. The zero-order chi connectivity index (χ0) is 6.55. The molecule has 0 bridgehead atoms. The second kappa shape index (κ2) is 1.76. The van der Waals surface area contributed by atoms with Crippen molar-refractivity contribution in [3.63, 3.8) is 0 Å². The lowest BCUT2D eigenvalue weighted by molar-refractivity contribution is 0.181. The Bertz CT molecular complexity index is 129. The van der Waals surface area contributed by atoms with Gasteiger partial charge in [-0.1, -0.05) is 0 Å². The van der Waals surface area contributed by atoms with E-state index in [9.17, 15) is 0 Å². The molecule has 56 valence electrons. The van der Waals surface area contributed by atoms with Gasteiger partial charge in [-0.3, -0.25) is 0 Å². The maximum Gasteiger partial charge on any atom is 0.0138 e. The van der Waals surface area contributed by atoms with E-state index in [1.807, 2.05) is 0 Å². The molecule has 1 nitrogen and oxygen atoms in total. The summed E-state index contributed by atoms with van der Waals surface area (Å²) in [6.07, 6.45) is 6.10. The molecule has 0 spiro atoms. The minimum absolute atomic E-state index is 0.965. The van der Waals surface area contributed by atoms with Gasteiger partial charge < -0.3 is 5.32 Å². The van der Waals surface area contributed by atoms with Crippen LogP contribution in [0.5, 0.6) is 0 Å². The van der Waals surface area contributed by atoms with Gasteiger partial charge in [0.1, 0.15) is 0 Å². The molecular formula is C9H15N. The molecule has 1 N–H and O–H groups in total. The molecular weight excluding hydrogens is 122 g/mol. The van der Waals surface area contributed by atoms with Crippen LogP contribution in [-0.4, -0.2) is 12.6 Å². The van der Waals surface area contributed by atoms with Crippen LogP contribution in [0.1, 0.15) is 25.7 Å². The summed E-state index contributed by atoms with van der Waals surface area (Å²) in [7, 11) is 0. The first-order valence-corrected chi connectivity index (χ1v) is 4.68. The Morgan fingerprint density at radius 3 is 2.00 bits per heavy atom. The molecule has 2 atom stereocenters. The summed E-state index contributed by atoms with van der Waals surface area (Å²) in [5.41, 5.74) is 0. The molecule has 1 heteroatoms. The van der Waals surface area contributed by atoms with E-state index < -0.39 is 0 Å². The number of hydrogen-bond donors (Lipinski definition) is 1. The molecule has 0 aromatic rings. The maximum absolute atomic E-state index is 3.58. The zero-order valence-corrected chi connectivity index (χ0v) is 6.34. The van der Waals surface area contributed by atoms with E-state index in [1.165, 1.54) is 32.2 Å². The van der Waals surface area contributed by atoms with Gasteiger partial charge in [0.15, 0.2) is 0 Å². The lowest BCUT2D eigenvalue weighted by Gasteiger charge is -2.38. The summed E-state index contributed by atoms with van der Waals surface area (Å²) in [5.74, 6) is 3.35. The van der Waals surface area contributed by atoms with E-state index in [0.717, 1.165) is 23.8 Å². The topological polar surface area (TPSA) is 12.0 Å². The predicted octanol–water partition coefficient (Wildman–Crippen LogP) is 1.39. The lowest BCUT2D eigenvalue weighted by Crippen LogP contribution is -2.55. The first kappa shape index (κ1) is 5.59. The van der Waals surface area contributed by atoms with Gasteiger partial charge in [0.05, 0.1) is 0 Å². The quantitative estimate of drug-likeness (QED) is 0.606. The zero-order valence-electron chi connectivity index (χ0n) is 6.34. The van der Waals surface area contributed by atoms with Crippen LogP contribution in [0.4, 0.5) is 0 Å². The van der Waals surface area contributed by atoms with Crippen LogP contribution < -0.4 is 5.32 Å². The van der Waals surface area contributed by atoms with E-state index in [1.54, 1.807) is 0 Å². The van der Waals surface area contributed by atoms with Gasteiger partial charge in [0.2, 0.25) is 0 Å². The number of rotatable bonds is 2. The van der Waals surface area contributed by atoms with Crippen molar-refractivity contribution in [1.29, 1.82) is 0 Å². The van der Waals surface area contributed by atoms with Gasteiger partial charge in [0.25, 0.3) is 0 Å². The fourth-order valence-corrected chi connectivity index (χ4v) is 2.35. The Hall–Kier alpha value is -0.0400. The highest BCUT2D eigenvalue weighted by atomic mass is 15.0. The van der Waals surface area contributed by atoms with Gasteiger partial charge in [0, 0.05) is 6.04 Å². The summed E-state index contributed by atoms with van der Waals surface area (Å²) in [6, 6.07) is 0.965. The Morgan fingerprint density at radius 1 is 0.900 bits per heavy atom. The molecule has 0 unspecified atom stereocenters. The second-order valence-corrected chi connectivity index (χ2v) is 4.27. The van der Waals surface area contributed by atoms with E-state index in [0.29, 0.717) is 0 Å². The van der Waals surface area contributed by atoms with Crippen molar-refractivity contribution >= 4 is 0 Å². The van der Waals surface area contributed by atoms with Crippen LogP contribution in [0.15, 0.2) is 0 Å². The van der Waals surface area contributed by atoms with Crippen molar-refractivity contribution in [2.75, 3.05) is 6.54 Å². The second-order valence-electron chi connectivity index (χ2n) is 4.27. The highest BCUT2D eigenvalue weighted by molar-refractivity contribution is 5.03. The van der Waals surface area contributed by atoms with Crippen LogP contribution in [0.2, 0.25) is 0 Å². The highest BCUT2D eigenvalue weighted by Crippen LogP contribution is 2.48. The molecule has 0 amide bonds. The summed E-state index contributed by atoms with van der Waals surface area (Å²) >= 11 is 0. The van der Waals surface area contributed by atoms with Crippen LogP contribution in [0, 0.1) is 17.8 Å². The highest BCUT2D eigenvalue weighted by Gasteiger charge is 2.47. The van der Waals surface area contributed by atoms with Crippen LogP contribution in [0.3, 0.4) is 0 Å². The first-order chi connectivity index (χ1) is 4.95. The SMILES string of the molecule is C1CC1[C@H]1NC[C@H]1C1CC1. The molecule has 0 radical (unpaired) electrons. The Labute approximate surface area is 62.2 Å². The van der Waals surface area contributed by atoms with Crippen LogP contribution in [-0.2, 0) is 0 Å². The van der Waals surface area contributed by atoms with Crippen molar-refractivity contribution in [1.82, 2.24) is 5.32 Å². The molecule has 3 rings (SSSR count). The first-order valence-electron chi connectivity index (χ1n) is 4.68. The minimum Gasteiger partial charge on any atom is -0.313 e. The summed E-state index contributed by atoms with van der Waals surface area (Å²) in [4.78, 5) is 0. The molecule has 2 aliphatic carbocycles. The molecule has 2 saturated carbocycles. The Morgan fingerprint density at radius 2 is 1.60 bits per heavy atom. The molecule has 0 aromatic carbocycles. The molecule has 1 aliphatic heterocycles. The van der Waals surface area contributed by atoms with E-state index >= 15 is 0 Å². The van der Waals surface area contributed by atoms with Gasteiger partial charge in [-0.2, -0.15) is 0 Å². The van der Waals surface area contributed by atoms with Crippen molar-refractivity contribution in [2.24, 2.45) is 17.8 Å².